The Kier molecular flexibility index (Phi) is 2.82. The van der Waals surface area contributed by atoms with Crippen LogP contribution in [0.2, 0.25) is 0 Å². The molecule has 2 rings (SSSR count). The Morgan fingerprint density at radius 3 is 2.93 bits per heavy atom. The first kappa shape index (κ1) is 10.3. The van der Waals surface area contributed by atoms with Crippen molar-refractivity contribution in [1.82, 2.24) is 0 Å². The van der Waals surface area contributed by atoms with Gasteiger partial charge in [-0.15, -0.1) is 0 Å². The highest BCUT2D eigenvalue weighted by Gasteiger charge is 2.39. The molecule has 1 aromatic rings. The van der Waals surface area contributed by atoms with Crippen molar-refractivity contribution in [3.63, 3.8) is 0 Å². The Morgan fingerprint density at radius 2 is 2.33 bits per heavy atom. The smallest absolute Gasteiger partial charge is 0.161 e. The van der Waals surface area contributed by atoms with Gasteiger partial charge in [0.15, 0.2) is 11.5 Å². The molecule has 0 aromatic heterocycles. The minimum atomic E-state index is 0.292. The van der Waals surface area contributed by atoms with Crippen molar-refractivity contribution < 1.29 is 9.84 Å². The van der Waals surface area contributed by atoms with Crippen LogP contribution in [-0.4, -0.2) is 18.3 Å². The largest absolute Gasteiger partial charge is 0.504 e. The number of benzene rings is 1. The lowest BCUT2D eigenvalue weighted by Crippen LogP contribution is -2.02. The van der Waals surface area contributed by atoms with Crippen LogP contribution in [0.15, 0.2) is 18.2 Å². The van der Waals surface area contributed by atoms with Gasteiger partial charge >= 0.3 is 0 Å². The van der Waals surface area contributed by atoms with Gasteiger partial charge in [-0.25, -0.2) is 0 Å². The molecule has 1 aromatic carbocycles. The minimum Gasteiger partial charge on any atom is -0.504 e. The number of phenols is 1. The highest BCUT2D eigenvalue weighted by Crippen LogP contribution is 2.51. The number of hydrogen-bond donors (Lipinski definition) is 2. The van der Waals surface area contributed by atoms with Crippen molar-refractivity contribution in [1.29, 1.82) is 0 Å². The second-order valence-corrected chi connectivity index (χ2v) is 3.96. The van der Waals surface area contributed by atoms with E-state index in [-0.39, 0.29) is 0 Å². The summed E-state index contributed by atoms with van der Waals surface area (Å²) in [5, 5.41) is 9.98. The van der Waals surface area contributed by atoms with Crippen molar-refractivity contribution >= 4 is 0 Å². The number of phenolic OH excluding ortho intramolecular Hbond substituents is 1. The van der Waals surface area contributed by atoms with Gasteiger partial charge in [0, 0.05) is 5.56 Å². The fourth-order valence-corrected chi connectivity index (χ4v) is 2.00. The zero-order chi connectivity index (χ0) is 10.8. The fourth-order valence-electron chi connectivity index (χ4n) is 2.00. The lowest BCUT2D eigenvalue weighted by Gasteiger charge is -2.09. The van der Waals surface area contributed by atoms with E-state index in [1.165, 1.54) is 0 Å². The molecule has 0 radical (unpaired) electrons. The van der Waals surface area contributed by atoms with E-state index in [1.807, 2.05) is 19.1 Å². The molecule has 3 N–H and O–H groups in total. The van der Waals surface area contributed by atoms with Gasteiger partial charge in [-0.2, -0.15) is 0 Å². The molecule has 0 spiro atoms. The summed E-state index contributed by atoms with van der Waals surface area (Å²) in [5.41, 5.74) is 6.58. The summed E-state index contributed by atoms with van der Waals surface area (Å²) in [4.78, 5) is 0. The van der Waals surface area contributed by atoms with Gasteiger partial charge in [0.2, 0.25) is 0 Å². The lowest BCUT2D eigenvalue weighted by molar-refractivity contribution is 0.316. The van der Waals surface area contributed by atoms with Crippen LogP contribution in [0.3, 0.4) is 0 Å². The fraction of sp³-hybridized carbons (Fsp3) is 0.500. The molecule has 2 unspecified atom stereocenters. The molecule has 0 saturated heterocycles. The van der Waals surface area contributed by atoms with Gasteiger partial charge in [-0.1, -0.05) is 12.1 Å². The molecular weight excluding hydrogens is 190 g/mol. The Hall–Kier alpha value is -1.22. The van der Waals surface area contributed by atoms with Gasteiger partial charge in [-0.3, -0.25) is 0 Å². The summed E-state index contributed by atoms with van der Waals surface area (Å²) >= 11 is 0. The van der Waals surface area contributed by atoms with Crippen LogP contribution < -0.4 is 10.5 Å². The second kappa shape index (κ2) is 4.11. The topological polar surface area (TPSA) is 55.5 Å². The van der Waals surface area contributed by atoms with Crippen molar-refractivity contribution in [2.24, 2.45) is 11.7 Å². The Bertz CT molecular complexity index is 351. The highest BCUT2D eigenvalue weighted by molar-refractivity contribution is 5.49. The third-order valence-corrected chi connectivity index (χ3v) is 2.95. The summed E-state index contributed by atoms with van der Waals surface area (Å²) in [6, 6.07) is 5.67. The van der Waals surface area contributed by atoms with E-state index < -0.39 is 0 Å². The first-order chi connectivity index (χ1) is 7.27. The van der Waals surface area contributed by atoms with Crippen LogP contribution >= 0.6 is 0 Å². The second-order valence-electron chi connectivity index (χ2n) is 3.96. The molecule has 2 atom stereocenters. The van der Waals surface area contributed by atoms with Gasteiger partial charge in [-0.05, 0) is 37.8 Å². The predicted octanol–water partition coefficient (Wildman–Crippen LogP) is 1.85. The standard InChI is InChI=1S/C12H17NO2/c1-2-15-11-5-3-4-9(12(11)14)10-6-8(10)7-13/h3-5,8,10,14H,2,6-7,13H2,1H3. The van der Waals surface area contributed by atoms with Crippen molar-refractivity contribution in [2.45, 2.75) is 19.3 Å². The van der Waals surface area contributed by atoms with Crippen LogP contribution in [0, 0.1) is 5.92 Å². The molecule has 0 heterocycles. The SMILES string of the molecule is CCOc1cccc(C2CC2CN)c1O. The maximum Gasteiger partial charge on any atom is 0.161 e. The average molecular weight is 207 g/mol. The van der Waals surface area contributed by atoms with Gasteiger partial charge < -0.3 is 15.6 Å². The lowest BCUT2D eigenvalue weighted by atomic mass is 10.1. The Balaban J connectivity index is 2.21. The van der Waals surface area contributed by atoms with Crippen LogP contribution in [0.5, 0.6) is 11.5 Å². The molecule has 1 saturated carbocycles. The monoisotopic (exact) mass is 207 g/mol. The normalized spacial score (nSPS) is 23.9. The third-order valence-electron chi connectivity index (χ3n) is 2.95. The van der Waals surface area contributed by atoms with Gasteiger partial charge in [0.25, 0.3) is 0 Å². The number of nitrogens with two attached hydrogens (primary N) is 1. The first-order valence-corrected chi connectivity index (χ1v) is 5.42. The zero-order valence-electron chi connectivity index (χ0n) is 8.94. The van der Waals surface area contributed by atoms with Gasteiger partial charge in [0.05, 0.1) is 6.61 Å². The summed E-state index contributed by atoms with van der Waals surface area (Å²) in [7, 11) is 0. The molecule has 82 valence electrons. The molecule has 1 fully saturated rings. The summed E-state index contributed by atoms with van der Waals surface area (Å²) in [6.45, 7) is 3.18. The zero-order valence-corrected chi connectivity index (χ0v) is 8.94. The molecule has 1 aliphatic rings. The molecule has 0 aliphatic heterocycles. The van der Waals surface area contributed by atoms with E-state index in [4.69, 9.17) is 10.5 Å². The highest BCUT2D eigenvalue weighted by atomic mass is 16.5. The third kappa shape index (κ3) is 1.92. The quantitative estimate of drug-likeness (QED) is 0.792. The van der Waals surface area contributed by atoms with E-state index in [0.29, 0.717) is 36.5 Å². The Morgan fingerprint density at radius 1 is 1.53 bits per heavy atom. The predicted molar refractivity (Wildman–Crippen MR) is 59.2 cm³/mol. The van der Waals surface area contributed by atoms with Crippen LogP contribution in [0.4, 0.5) is 0 Å². The number of para-hydroxylation sites is 1. The Labute approximate surface area is 89.9 Å². The van der Waals surface area contributed by atoms with Crippen molar-refractivity contribution in [3.8, 4) is 11.5 Å². The van der Waals surface area contributed by atoms with E-state index in [1.54, 1.807) is 6.07 Å². The molecule has 0 bridgehead atoms. The van der Waals surface area contributed by atoms with E-state index in [0.717, 1.165) is 12.0 Å². The van der Waals surface area contributed by atoms with Crippen molar-refractivity contribution in [3.05, 3.63) is 23.8 Å². The number of aromatic hydroxyl groups is 1. The number of ether oxygens (including phenoxy) is 1. The van der Waals surface area contributed by atoms with Gasteiger partial charge in [0.1, 0.15) is 0 Å². The minimum absolute atomic E-state index is 0.292. The molecule has 1 aliphatic carbocycles. The average Bonchev–Trinajstić information content (AvgIpc) is 3.00. The van der Waals surface area contributed by atoms with Crippen LogP contribution in [0.1, 0.15) is 24.8 Å². The van der Waals surface area contributed by atoms with Crippen LogP contribution in [0.25, 0.3) is 0 Å². The molecule has 3 nitrogen and oxygen atoms in total. The van der Waals surface area contributed by atoms with E-state index >= 15 is 0 Å². The summed E-state index contributed by atoms with van der Waals surface area (Å²) < 4.78 is 5.34. The van der Waals surface area contributed by atoms with E-state index in [2.05, 4.69) is 0 Å². The maximum absolute atomic E-state index is 9.98. The molecule has 3 heteroatoms. The molecule has 0 amide bonds. The summed E-state index contributed by atoms with van der Waals surface area (Å²) in [5.74, 6) is 1.83. The summed E-state index contributed by atoms with van der Waals surface area (Å²) in [6.07, 6.45) is 1.08. The number of rotatable bonds is 4. The van der Waals surface area contributed by atoms with E-state index in [9.17, 15) is 5.11 Å². The maximum atomic E-state index is 9.98. The molecular formula is C12H17NO2. The molecule has 15 heavy (non-hydrogen) atoms. The van der Waals surface area contributed by atoms with Crippen LogP contribution in [-0.2, 0) is 0 Å². The number of hydrogen-bond acceptors (Lipinski definition) is 3. The first-order valence-electron chi connectivity index (χ1n) is 5.42. The van der Waals surface area contributed by atoms with Crippen molar-refractivity contribution in [2.75, 3.05) is 13.2 Å².